The molecule has 2 heterocycles. The summed E-state index contributed by atoms with van der Waals surface area (Å²) >= 11 is 0. The second kappa shape index (κ2) is 2.82. The zero-order valence-corrected chi connectivity index (χ0v) is 8.74. The van der Waals surface area contributed by atoms with Gasteiger partial charge in [-0.25, -0.2) is 8.42 Å². The van der Waals surface area contributed by atoms with Crippen molar-refractivity contribution in [2.24, 2.45) is 5.92 Å². The van der Waals surface area contributed by atoms with E-state index < -0.39 is 15.1 Å². The summed E-state index contributed by atoms with van der Waals surface area (Å²) in [7, 11) is -3.26. The lowest BCUT2D eigenvalue weighted by atomic mass is 9.93. The summed E-state index contributed by atoms with van der Waals surface area (Å²) in [5.41, 5.74) is 0.802. The fourth-order valence-corrected chi connectivity index (χ4v) is 4.13. The van der Waals surface area contributed by atoms with Crippen LogP contribution in [0.2, 0.25) is 0 Å². The number of fused-ring (bicyclic) bond motifs is 2. The Morgan fingerprint density at radius 3 is 3.00 bits per heavy atom. The van der Waals surface area contributed by atoms with Crippen molar-refractivity contribution in [1.82, 2.24) is 10.2 Å². The summed E-state index contributed by atoms with van der Waals surface area (Å²) in [5.74, 6) is 0.0603. The molecule has 0 amide bonds. The highest BCUT2D eigenvalue weighted by Crippen LogP contribution is 2.34. The van der Waals surface area contributed by atoms with Gasteiger partial charge in [-0.3, -0.25) is 5.10 Å². The molecule has 0 saturated carbocycles. The number of sulfone groups is 1. The lowest BCUT2D eigenvalue weighted by Gasteiger charge is -2.28. The molecule has 15 heavy (non-hydrogen) atoms. The van der Waals surface area contributed by atoms with Crippen molar-refractivity contribution in [3.63, 3.8) is 0 Å². The Morgan fingerprint density at radius 1 is 1.33 bits per heavy atom. The van der Waals surface area contributed by atoms with Gasteiger partial charge in [-0.05, 0) is 6.42 Å². The van der Waals surface area contributed by atoms with E-state index in [1.807, 2.05) is 12.2 Å². The summed E-state index contributed by atoms with van der Waals surface area (Å²) in [4.78, 5) is 0. The standard InChI is InChI=1S/C10H10N2O2S/c13-15(14)9-4-2-1-3-7(9)5-8-6-11-12-10(8)15/h1-4,6-7,9H,5H2,(H,11,12)/t7-,9-/m1/s1. The molecule has 0 fully saturated rings. The van der Waals surface area contributed by atoms with Gasteiger partial charge in [-0.15, -0.1) is 0 Å². The lowest BCUT2D eigenvalue weighted by Crippen LogP contribution is -2.34. The minimum absolute atomic E-state index is 0.0603. The molecular formula is C10H10N2O2S. The van der Waals surface area contributed by atoms with Crippen molar-refractivity contribution in [3.05, 3.63) is 36.1 Å². The molecule has 4 nitrogen and oxygen atoms in total. The molecule has 1 aliphatic heterocycles. The molecule has 0 saturated heterocycles. The Balaban J connectivity index is 2.23. The van der Waals surface area contributed by atoms with E-state index in [-0.39, 0.29) is 5.92 Å². The van der Waals surface area contributed by atoms with Gasteiger partial charge in [-0.2, -0.15) is 5.10 Å². The van der Waals surface area contributed by atoms with E-state index in [0.717, 1.165) is 12.0 Å². The van der Waals surface area contributed by atoms with Crippen LogP contribution in [0, 0.1) is 5.92 Å². The third-order valence-corrected chi connectivity index (χ3v) is 5.11. The molecule has 0 bridgehead atoms. The van der Waals surface area contributed by atoms with Crippen LogP contribution in [0.25, 0.3) is 0 Å². The number of nitrogens with zero attached hydrogens (tertiary/aromatic N) is 1. The van der Waals surface area contributed by atoms with Gasteiger partial charge < -0.3 is 0 Å². The fraction of sp³-hybridized carbons (Fsp3) is 0.300. The number of hydrogen-bond acceptors (Lipinski definition) is 3. The number of nitrogens with one attached hydrogen (secondary N) is 1. The first-order valence-corrected chi connectivity index (χ1v) is 6.35. The predicted octanol–water partition coefficient (Wildman–Crippen LogP) is 0.850. The highest BCUT2D eigenvalue weighted by molar-refractivity contribution is 7.92. The Bertz CT molecular complexity index is 554. The molecule has 5 heteroatoms. The van der Waals surface area contributed by atoms with Crippen LogP contribution in [0.1, 0.15) is 5.56 Å². The van der Waals surface area contributed by atoms with Crippen LogP contribution in [-0.4, -0.2) is 23.9 Å². The largest absolute Gasteiger partial charge is 0.267 e. The van der Waals surface area contributed by atoms with Gasteiger partial charge >= 0.3 is 0 Å². The van der Waals surface area contributed by atoms with Crippen molar-refractivity contribution in [2.45, 2.75) is 16.7 Å². The van der Waals surface area contributed by atoms with Crippen molar-refractivity contribution < 1.29 is 8.42 Å². The number of allylic oxidation sites excluding steroid dienone is 3. The van der Waals surface area contributed by atoms with Crippen LogP contribution in [0.4, 0.5) is 0 Å². The molecule has 2 atom stereocenters. The molecular weight excluding hydrogens is 212 g/mol. The van der Waals surface area contributed by atoms with Gasteiger partial charge in [0.05, 0.1) is 11.4 Å². The van der Waals surface area contributed by atoms with Crippen LogP contribution < -0.4 is 0 Å². The number of H-pyrrole nitrogens is 1. The summed E-state index contributed by atoms with van der Waals surface area (Å²) in [6.45, 7) is 0. The Morgan fingerprint density at radius 2 is 2.13 bits per heavy atom. The van der Waals surface area contributed by atoms with Gasteiger partial charge in [0.25, 0.3) is 0 Å². The van der Waals surface area contributed by atoms with Crippen LogP contribution in [0.15, 0.2) is 35.5 Å². The molecule has 3 rings (SSSR count). The quantitative estimate of drug-likeness (QED) is 0.707. The Labute approximate surface area is 87.6 Å². The van der Waals surface area contributed by atoms with Gasteiger partial charge in [0, 0.05) is 11.5 Å². The summed E-state index contributed by atoms with van der Waals surface area (Å²) in [5, 5.41) is 6.26. The number of hydrogen-bond donors (Lipinski definition) is 1. The topological polar surface area (TPSA) is 62.8 Å². The molecule has 0 aromatic carbocycles. The molecule has 2 aliphatic rings. The average molecular weight is 222 g/mol. The van der Waals surface area contributed by atoms with Gasteiger partial charge in [0.2, 0.25) is 9.84 Å². The monoisotopic (exact) mass is 222 g/mol. The van der Waals surface area contributed by atoms with Crippen molar-refractivity contribution in [2.75, 3.05) is 0 Å². The van der Waals surface area contributed by atoms with Crippen LogP contribution in [0.3, 0.4) is 0 Å². The second-order valence-electron chi connectivity index (χ2n) is 3.87. The zero-order valence-electron chi connectivity index (χ0n) is 7.92. The lowest BCUT2D eigenvalue weighted by molar-refractivity contribution is 0.538. The number of rotatable bonds is 0. The van der Waals surface area contributed by atoms with Crippen molar-refractivity contribution >= 4 is 9.84 Å². The molecule has 0 unspecified atom stereocenters. The normalized spacial score (nSPS) is 30.9. The van der Waals surface area contributed by atoms with E-state index in [1.165, 1.54) is 0 Å². The molecule has 0 spiro atoms. The number of aromatic nitrogens is 2. The van der Waals surface area contributed by atoms with Gasteiger partial charge in [0.15, 0.2) is 5.03 Å². The third-order valence-electron chi connectivity index (χ3n) is 2.97. The summed E-state index contributed by atoms with van der Waals surface area (Å²) in [6.07, 6.45) is 9.76. The van der Waals surface area contributed by atoms with Gasteiger partial charge in [0.1, 0.15) is 0 Å². The summed E-state index contributed by atoms with van der Waals surface area (Å²) < 4.78 is 24.3. The van der Waals surface area contributed by atoms with E-state index in [4.69, 9.17) is 0 Å². The van der Waals surface area contributed by atoms with E-state index in [1.54, 1.807) is 18.3 Å². The highest BCUT2D eigenvalue weighted by Gasteiger charge is 2.40. The Kier molecular flexibility index (Phi) is 1.68. The van der Waals surface area contributed by atoms with Crippen molar-refractivity contribution in [3.8, 4) is 0 Å². The first-order valence-electron chi connectivity index (χ1n) is 4.81. The molecule has 1 aromatic heterocycles. The van der Waals surface area contributed by atoms with E-state index in [2.05, 4.69) is 10.2 Å². The molecule has 1 aromatic rings. The highest BCUT2D eigenvalue weighted by atomic mass is 32.2. The second-order valence-corrected chi connectivity index (χ2v) is 5.91. The maximum Gasteiger partial charge on any atom is 0.202 e. The maximum atomic E-state index is 12.1. The average Bonchev–Trinajstić information content (AvgIpc) is 2.67. The van der Waals surface area contributed by atoms with E-state index in [9.17, 15) is 8.42 Å². The third kappa shape index (κ3) is 1.13. The molecule has 1 N–H and O–H groups in total. The molecule has 1 aliphatic carbocycles. The maximum absolute atomic E-state index is 12.1. The zero-order chi connectivity index (χ0) is 10.5. The summed E-state index contributed by atoms with van der Waals surface area (Å²) in [6, 6.07) is 0. The van der Waals surface area contributed by atoms with Gasteiger partial charge in [-0.1, -0.05) is 24.3 Å². The minimum atomic E-state index is -3.26. The van der Waals surface area contributed by atoms with Crippen LogP contribution in [0.5, 0.6) is 0 Å². The molecule has 78 valence electrons. The molecule has 0 radical (unpaired) electrons. The van der Waals surface area contributed by atoms with Crippen LogP contribution in [-0.2, 0) is 16.3 Å². The number of aromatic amines is 1. The van der Waals surface area contributed by atoms with Crippen molar-refractivity contribution in [1.29, 1.82) is 0 Å². The fourth-order valence-electron chi connectivity index (χ4n) is 2.23. The Hall–Kier alpha value is -1.36. The first kappa shape index (κ1) is 8.91. The predicted molar refractivity (Wildman–Crippen MR) is 55.0 cm³/mol. The first-order chi connectivity index (χ1) is 7.19. The van der Waals surface area contributed by atoms with Crippen LogP contribution >= 0.6 is 0 Å². The van der Waals surface area contributed by atoms with E-state index in [0.29, 0.717) is 5.03 Å². The smallest absolute Gasteiger partial charge is 0.202 e. The minimum Gasteiger partial charge on any atom is -0.267 e. The SMILES string of the molecule is O=S1(=O)c2[nH]ncc2C[C@H]2C=CC=C[C@H]21. The van der Waals surface area contributed by atoms with E-state index >= 15 is 0 Å².